The van der Waals surface area contributed by atoms with Crippen LogP contribution in [0.2, 0.25) is 0 Å². The van der Waals surface area contributed by atoms with E-state index in [0.29, 0.717) is 0 Å². The highest BCUT2D eigenvalue weighted by molar-refractivity contribution is 6.50. The smallest absolute Gasteiger partial charge is 0.418 e. The van der Waals surface area contributed by atoms with Crippen molar-refractivity contribution in [2.45, 2.75) is 0 Å². The van der Waals surface area contributed by atoms with Crippen molar-refractivity contribution in [1.29, 1.82) is 0 Å². The third-order valence-corrected chi connectivity index (χ3v) is 4.51. The molecule has 0 bridgehead atoms. The van der Waals surface area contributed by atoms with E-state index >= 15 is 0 Å². The Hall–Kier alpha value is -1.19. The average molecular weight is 404 g/mol. The van der Waals surface area contributed by atoms with Gasteiger partial charge in [0.2, 0.25) is 0 Å². The monoisotopic (exact) mass is 404 g/mol. The second kappa shape index (κ2) is 7.56. The van der Waals surface area contributed by atoms with Crippen LogP contribution in [0, 0.1) is 18.8 Å². The van der Waals surface area contributed by atoms with Crippen LogP contribution < -0.4 is 21.2 Å². The number of hydrogen-bond donors (Lipinski definition) is 0. The SMILES string of the molecule is F[B-](F)(F)F.Fc1ccc([I+]c2ccc(F)cc2)cc1. The summed E-state index contributed by atoms with van der Waals surface area (Å²) in [4.78, 5) is 0. The molecular formula is C12H8BF6I. The zero-order chi connectivity index (χ0) is 15.2. The Bertz CT molecular complexity index is 474. The summed E-state index contributed by atoms with van der Waals surface area (Å²) in [5, 5.41) is 0. The van der Waals surface area contributed by atoms with Crippen molar-refractivity contribution in [2.24, 2.45) is 0 Å². The van der Waals surface area contributed by atoms with Crippen molar-refractivity contribution in [3.63, 3.8) is 0 Å². The molecule has 0 aliphatic carbocycles. The fourth-order valence-electron chi connectivity index (χ4n) is 1.11. The van der Waals surface area contributed by atoms with Crippen LogP contribution in [-0.2, 0) is 0 Å². The molecule has 0 amide bonds. The average Bonchev–Trinajstić information content (AvgIpc) is 2.33. The molecule has 0 saturated carbocycles. The van der Waals surface area contributed by atoms with Crippen molar-refractivity contribution < 1.29 is 47.2 Å². The lowest BCUT2D eigenvalue weighted by Crippen LogP contribution is -3.61. The van der Waals surface area contributed by atoms with Gasteiger partial charge in [0.05, 0.1) is 0 Å². The fraction of sp³-hybridized carbons (Fsp3) is 0. The molecule has 8 heteroatoms. The van der Waals surface area contributed by atoms with Gasteiger partial charge in [-0.15, -0.1) is 0 Å². The second-order valence-corrected chi connectivity index (χ2v) is 6.49. The van der Waals surface area contributed by atoms with Gasteiger partial charge in [0, 0.05) is 0 Å². The van der Waals surface area contributed by atoms with Gasteiger partial charge >= 0.3 is 28.5 Å². The Morgan fingerprint density at radius 2 is 0.850 bits per heavy atom. The first kappa shape index (κ1) is 16.9. The van der Waals surface area contributed by atoms with Crippen LogP contribution in [0.4, 0.5) is 26.0 Å². The Labute approximate surface area is 122 Å². The number of benzene rings is 2. The van der Waals surface area contributed by atoms with Crippen LogP contribution in [0.3, 0.4) is 0 Å². The molecule has 108 valence electrons. The van der Waals surface area contributed by atoms with Gasteiger partial charge in [-0.3, -0.25) is 0 Å². The van der Waals surface area contributed by atoms with E-state index in [1.165, 1.54) is 24.3 Å². The fourth-order valence-corrected chi connectivity index (χ4v) is 3.27. The predicted octanol–water partition coefficient (Wildman–Crippen LogP) is 1.39. The lowest BCUT2D eigenvalue weighted by Gasteiger charge is -1.94. The molecular weight excluding hydrogens is 396 g/mol. The second-order valence-electron chi connectivity index (χ2n) is 3.46. The van der Waals surface area contributed by atoms with Gasteiger partial charge in [0.1, 0.15) is 11.6 Å². The standard InChI is InChI=1S/C12H8F2I.BF4/c13-9-1-5-11(6-2-9)15-12-7-3-10(14)4-8-12;2-1(3,4)5/h1-8H;/q+1;-1. The molecule has 0 saturated heterocycles. The quantitative estimate of drug-likeness (QED) is 0.404. The molecule has 2 aromatic rings. The van der Waals surface area contributed by atoms with Gasteiger partial charge in [-0.2, -0.15) is 0 Å². The molecule has 2 rings (SSSR count). The van der Waals surface area contributed by atoms with Gasteiger partial charge in [-0.05, 0) is 48.5 Å². The van der Waals surface area contributed by atoms with Gasteiger partial charge in [0.15, 0.2) is 7.14 Å². The first-order valence-electron chi connectivity index (χ1n) is 5.27. The van der Waals surface area contributed by atoms with Crippen LogP contribution in [0.25, 0.3) is 0 Å². The van der Waals surface area contributed by atoms with Gasteiger partial charge < -0.3 is 17.3 Å². The van der Waals surface area contributed by atoms with Crippen LogP contribution in [0.5, 0.6) is 0 Å². The maximum Gasteiger partial charge on any atom is 0.673 e. The molecule has 0 atom stereocenters. The summed E-state index contributed by atoms with van der Waals surface area (Å²) in [6, 6.07) is 13.0. The molecule has 0 aromatic heterocycles. The summed E-state index contributed by atoms with van der Waals surface area (Å²) in [5.41, 5.74) is 0. The largest absolute Gasteiger partial charge is 0.673 e. The van der Waals surface area contributed by atoms with E-state index in [9.17, 15) is 26.0 Å². The molecule has 20 heavy (non-hydrogen) atoms. The normalized spacial score (nSPS) is 10.7. The Kier molecular flexibility index (Phi) is 6.37. The molecule has 0 radical (unpaired) electrons. The first-order chi connectivity index (χ1) is 9.24. The summed E-state index contributed by atoms with van der Waals surface area (Å²) in [6.07, 6.45) is 0. The summed E-state index contributed by atoms with van der Waals surface area (Å²) in [6.45, 7) is 0. The summed E-state index contributed by atoms with van der Waals surface area (Å²) >= 11 is -0.330. The van der Waals surface area contributed by atoms with E-state index in [0.717, 1.165) is 7.14 Å². The zero-order valence-electron chi connectivity index (χ0n) is 9.84. The lowest BCUT2D eigenvalue weighted by molar-refractivity contribution is -0.597. The molecule has 0 nitrogen and oxygen atoms in total. The van der Waals surface area contributed by atoms with Gasteiger partial charge in [0.25, 0.3) is 0 Å². The Morgan fingerprint density at radius 3 is 1.10 bits per heavy atom. The maximum absolute atomic E-state index is 12.6. The molecule has 0 heterocycles. The van der Waals surface area contributed by atoms with E-state index in [1.807, 2.05) is 0 Å². The predicted molar refractivity (Wildman–Crippen MR) is 60.4 cm³/mol. The van der Waals surface area contributed by atoms with E-state index in [4.69, 9.17) is 0 Å². The van der Waals surface area contributed by atoms with Crippen LogP contribution in [-0.4, -0.2) is 7.25 Å². The van der Waals surface area contributed by atoms with E-state index in [2.05, 4.69) is 0 Å². The zero-order valence-corrected chi connectivity index (χ0v) is 12.0. The van der Waals surface area contributed by atoms with Crippen molar-refractivity contribution in [3.05, 3.63) is 67.3 Å². The van der Waals surface area contributed by atoms with Crippen molar-refractivity contribution in [3.8, 4) is 0 Å². The summed E-state index contributed by atoms with van der Waals surface area (Å²) in [5.74, 6) is -0.441. The number of hydrogen-bond acceptors (Lipinski definition) is 0. The molecule has 0 fully saturated rings. The van der Waals surface area contributed by atoms with Gasteiger partial charge in [-0.1, -0.05) is 0 Å². The highest BCUT2D eigenvalue weighted by atomic mass is 127. The van der Waals surface area contributed by atoms with Crippen LogP contribution in [0.15, 0.2) is 48.5 Å². The Morgan fingerprint density at radius 1 is 0.600 bits per heavy atom. The van der Waals surface area contributed by atoms with Crippen molar-refractivity contribution in [1.82, 2.24) is 0 Å². The van der Waals surface area contributed by atoms with Crippen molar-refractivity contribution in [2.75, 3.05) is 0 Å². The third kappa shape index (κ3) is 8.08. The molecule has 0 unspecified atom stereocenters. The highest BCUT2D eigenvalue weighted by Gasteiger charge is 2.20. The minimum absolute atomic E-state index is 0.220. The van der Waals surface area contributed by atoms with Crippen LogP contribution in [0.1, 0.15) is 0 Å². The van der Waals surface area contributed by atoms with Gasteiger partial charge in [-0.25, -0.2) is 8.78 Å². The lowest BCUT2D eigenvalue weighted by atomic mass is 10.3. The molecule has 0 spiro atoms. The molecule has 0 N–H and O–H groups in total. The topological polar surface area (TPSA) is 0 Å². The van der Waals surface area contributed by atoms with E-state index in [-0.39, 0.29) is 32.8 Å². The number of rotatable bonds is 2. The summed E-state index contributed by atoms with van der Waals surface area (Å²) < 4.78 is 66.5. The van der Waals surface area contributed by atoms with E-state index in [1.54, 1.807) is 24.3 Å². The maximum atomic E-state index is 12.6. The van der Waals surface area contributed by atoms with Crippen LogP contribution >= 0.6 is 0 Å². The first-order valence-corrected chi connectivity index (χ1v) is 7.43. The van der Waals surface area contributed by atoms with Crippen molar-refractivity contribution >= 4 is 7.25 Å². The molecule has 0 aliphatic rings. The molecule has 2 aromatic carbocycles. The third-order valence-electron chi connectivity index (χ3n) is 1.83. The number of halogens is 7. The molecule has 0 aliphatic heterocycles. The highest BCUT2D eigenvalue weighted by Crippen LogP contribution is 2.06. The Balaban J connectivity index is 0.000000347. The van der Waals surface area contributed by atoms with E-state index < -0.39 is 7.25 Å². The summed E-state index contributed by atoms with van der Waals surface area (Å²) in [7, 11) is -6.00. The minimum Gasteiger partial charge on any atom is -0.418 e. The minimum atomic E-state index is -6.00.